The summed E-state index contributed by atoms with van der Waals surface area (Å²) in [4.78, 5) is 14.1. The van der Waals surface area contributed by atoms with Gasteiger partial charge in [0, 0.05) is 16.3 Å². The van der Waals surface area contributed by atoms with Crippen LogP contribution in [0.25, 0.3) is 16.7 Å². The molecule has 0 unspecified atom stereocenters. The number of nitrogens with one attached hydrogen (secondary N) is 1. The molecule has 0 aliphatic rings. The van der Waals surface area contributed by atoms with E-state index in [1.54, 1.807) is 36.4 Å². The number of carbonyl (C=O) groups is 1. The number of fused-ring (bicyclic) bond motifs is 1. The van der Waals surface area contributed by atoms with Crippen molar-refractivity contribution in [2.75, 3.05) is 11.9 Å². The summed E-state index contributed by atoms with van der Waals surface area (Å²) in [7, 11) is 0. The van der Waals surface area contributed by atoms with Crippen LogP contribution in [0.15, 0.2) is 66.7 Å². The molecular formula is C23H21ClN4O2. The van der Waals surface area contributed by atoms with Gasteiger partial charge >= 0.3 is 0 Å². The topological polar surface area (TPSA) is 69.0 Å². The van der Waals surface area contributed by atoms with Crippen molar-refractivity contribution >= 4 is 34.2 Å². The van der Waals surface area contributed by atoms with Crippen molar-refractivity contribution in [1.82, 2.24) is 15.0 Å². The molecule has 7 heteroatoms. The van der Waals surface area contributed by atoms with Crippen molar-refractivity contribution in [3.05, 3.63) is 77.3 Å². The van der Waals surface area contributed by atoms with Gasteiger partial charge in [0.1, 0.15) is 16.8 Å². The van der Waals surface area contributed by atoms with E-state index in [2.05, 4.69) is 22.4 Å². The second-order valence-corrected chi connectivity index (χ2v) is 7.29. The Kier molecular flexibility index (Phi) is 5.95. The number of hydrogen-bond donors (Lipinski definition) is 1. The Morgan fingerprint density at radius 3 is 2.60 bits per heavy atom. The van der Waals surface area contributed by atoms with Crippen molar-refractivity contribution in [1.29, 1.82) is 0 Å². The quantitative estimate of drug-likeness (QED) is 0.400. The highest BCUT2D eigenvalue weighted by Crippen LogP contribution is 2.20. The molecule has 6 nitrogen and oxygen atoms in total. The summed E-state index contributed by atoms with van der Waals surface area (Å²) >= 11 is 6.05. The highest BCUT2D eigenvalue weighted by atomic mass is 35.5. The normalized spacial score (nSPS) is 10.9. The number of hydrogen-bond acceptors (Lipinski definition) is 4. The van der Waals surface area contributed by atoms with Gasteiger partial charge in [0.25, 0.3) is 5.91 Å². The predicted octanol–water partition coefficient (Wildman–Crippen LogP) is 5.51. The van der Waals surface area contributed by atoms with E-state index >= 15 is 0 Å². The Labute approximate surface area is 179 Å². The maximum absolute atomic E-state index is 12.6. The number of aromatic nitrogens is 3. The lowest BCUT2D eigenvalue weighted by Gasteiger charge is -2.07. The summed E-state index contributed by atoms with van der Waals surface area (Å²) in [6, 6.07) is 19.9. The Morgan fingerprint density at radius 2 is 1.83 bits per heavy atom. The van der Waals surface area contributed by atoms with Crippen LogP contribution in [0.3, 0.4) is 0 Å². The Balaban J connectivity index is 1.47. The van der Waals surface area contributed by atoms with Gasteiger partial charge in [-0.15, -0.1) is 10.2 Å². The summed E-state index contributed by atoms with van der Waals surface area (Å²) < 4.78 is 5.64. The molecule has 0 fully saturated rings. The van der Waals surface area contributed by atoms with Gasteiger partial charge < -0.3 is 10.1 Å². The van der Waals surface area contributed by atoms with Crippen LogP contribution < -0.4 is 10.1 Å². The SMILES string of the molecule is CCCCOc1ccc(C(=O)Nc2ccc3nn(-c4cccc(Cl)c4)nc3c2)cc1. The van der Waals surface area contributed by atoms with E-state index < -0.39 is 0 Å². The van der Waals surface area contributed by atoms with Crippen molar-refractivity contribution in [2.45, 2.75) is 19.8 Å². The van der Waals surface area contributed by atoms with Crippen LogP contribution in [0.5, 0.6) is 5.75 Å². The molecular weight excluding hydrogens is 400 g/mol. The zero-order chi connectivity index (χ0) is 20.9. The number of benzene rings is 3. The van der Waals surface area contributed by atoms with E-state index in [9.17, 15) is 4.79 Å². The Morgan fingerprint density at radius 1 is 1.03 bits per heavy atom. The van der Waals surface area contributed by atoms with Crippen LogP contribution in [0.2, 0.25) is 5.02 Å². The number of ether oxygens (including phenoxy) is 1. The monoisotopic (exact) mass is 420 g/mol. The third-order valence-electron chi connectivity index (χ3n) is 4.56. The van der Waals surface area contributed by atoms with Crippen molar-refractivity contribution in [2.24, 2.45) is 0 Å². The lowest BCUT2D eigenvalue weighted by Crippen LogP contribution is -2.11. The molecule has 0 bridgehead atoms. The maximum atomic E-state index is 12.6. The number of halogens is 1. The fraction of sp³-hybridized carbons (Fsp3) is 0.174. The van der Waals surface area contributed by atoms with Gasteiger partial charge in [0.15, 0.2) is 0 Å². The maximum Gasteiger partial charge on any atom is 0.255 e. The molecule has 1 heterocycles. The van der Waals surface area contributed by atoms with Crippen molar-refractivity contribution < 1.29 is 9.53 Å². The summed E-state index contributed by atoms with van der Waals surface area (Å²) in [6.45, 7) is 2.80. The van der Waals surface area contributed by atoms with Gasteiger partial charge in [-0.25, -0.2) is 0 Å². The molecule has 1 N–H and O–H groups in total. The number of nitrogens with zero attached hydrogens (tertiary/aromatic N) is 3. The first-order valence-corrected chi connectivity index (χ1v) is 10.2. The van der Waals surface area contributed by atoms with E-state index in [-0.39, 0.29) is 5.91 Å². The van der Waals surface area contributed by atoms with Crippen molar-refractivity contribution in [3.8, 4) is 11.4 Å². The third kappa shape index (κ3) is 4.60. The van der Waals surface area contributed by atoms with Gasteiger partial charge in [-0.3, -0.25) is 4.79 Å². The summed E-state index contributed by atoms with van der Waals surface area (Å²) in [5.74, 6) is 0.566. The second-order valence-electron chi connectivity index (χ2n) is 6.85. The molecule has 1 aromatic heterocycles. The number of carbonyl (C=O) groups excluding carboxylic acids is 1. The van der Waals surface area contributed by atoms with Crippen LogP contribution >= 0.6 is 11.6 Å². The smallest absolute Gasteiger partial charge is 0.255 e. The Hall–Kier alpha value is -3.38. The molecule has 0 atom stereocenters. The van der Waals surface area contributed by atoms with E-state index in [1.807, 2.05) is 30.3 Å². The Bertz CT molecular complexity index is 1170. The lowest BCUT2D eigenvalue weighted by atomic mass is 10.2. The minimum Gasteiger partial charge on any atom is -0.494 e. The molecule has 4 rings (SSSR count). The van der Waals surface area contributed by atoms with Gasteiger partial charge in [-0.05, 0) is 67.1 Å². The number of unbranched alkanes of at least 4 members (excludes halogenated alkanes) is 1. The molecule has 1 amide bonds. The van der Waals surface area contributed by atoms with E-state index in [1.165, 1.54) is 4.80 Å². The van der Waals surface area contributed by atoms with E-state index in [4.69, 9.17) is 16.3 Å². The number of rotatable bonds is 7. The average molecular weight is 421 g/mol. The minimum absolute atomic E-state index is 0.198. The van der Waals surface area contributed by atoms with Gasteiger partial charge in [0.05, 0.1) is 12.3 Å². The number of amides is 1. The second kappa shape index (κ2) is 8.97. The molecule has 3 aromatic carbocycles. The first-order valence-electron chi connectivity index (χ1n) is 9.79. The lowest BCUT2D eigenvalue weighted by molar-refractivity contribution is 0.102. The van der Waals surface area contributed by atoms with Crippen LogP contribution in [-0.2, 0) is 0 Å². The molecule has 4 aromatic rings. The van der Waals surface area contributed by atoms with Gasteiger partial charge in [-0.1, -0.05) is 31.0 Å². The largest absolute Gasteiger partial charge is 0.494 e. The molecule has 30 heavy (non-hydrogen) atoms. The highest BCUT2D eigenvalue weighted by molar-refractivity contribution is 6.30. The zero-order valence-corrected chi connectivity index (χ0v) is 17.3. The van der Waals surface area contributed by atoms with E-state index in [0.717, 1.165) is 29.8 Å². The van der Waals surface area contributed by atoms with Crippen LogP contribution in [0.4, 0.5) is 5.69 Å². The highest BCUT2D eigenvalue weighted by Gasteiger charge is 2.10. The fourth-order valence-corrected chi connectivity index (χ4v) is 3.13. The molecule has 0 spiro atoms. The molecule has 152 valence electrons. The van der Waals surface area contributed by atoms with Crippen LogP contribution in [0, 0.1) is 0 Å². The minimum atomic E-state index is -0.198. The predicted molar refractivity (Wildman–Crippen MR) is 119 cm³/mol. The summed E-state index contributed by atoms with van der Waals surface area (Å²) in [5.41, 5.74) is 3.37. The fourth-order valence-electron chi connectivity index (χ4n) is 2.95. The average Bonchev–Trinajstić information content (AvgIpc) is 3.18. The first kappa shape index (κ1) is 19.9. The summed E-state index contributed by atoms with van der Waals surface area (Å²) in [6.07, 6.45) is 2.09. The van der Waals surface area contributed by atoms with Crippen LogP contribution in [0.1, 0.15) is 30.1 Å². The van der Waals surface area contributed by atoms with Gasteiger partial charge in [0.2, 0.25) is 0 Å². The van der Waals surface area contributed by atoms with Crippen LogP contribution in [-0.4, -0.2) is 27.5 Å². The summed E-state index contributed by atoms with van der Waals surface area (Å²) in [5, 5.41) is 12.5. The van der Waals surface area contributed by atoms with Crippen molar-refractivity contribution in [3.63, 3.8) is 0 Å². The molecule has 0 saturated heterocycles. The van der Waals surface area contributed by atoms with E-state index in [0.29, 0.717) is 28.4 Å². The molecule has 0 saturated carbocycles. The molecule has 0 radical (unpaired) electrons. The first-order chi connectivity index (χ1) is 14.6. The molecule has 0 aliphatic carbocycles. The van der Waals surface area contributed by atoms with Gasteiger partial charge in [-0.2, -0.15) is 4.80 Å². The molecule has 0 aliphatic heterocycles. The zero-order valence-electron chi connectivity index (χ0n) is 16.5. The standard InChI is InChI=1S/C23H21ClN4O2/c1-2-3-13-30-20-10-7-16(8-11-20)23(29)25-18-9-12-21-22(15-18)27-28(26-21)19-6-4-5-17(24)14-19/h4-12,14-15H,2-3,13H2,1H3,(H,25,29). The number of anilines is 1. The third-order valence-corrected chi connectivity index (χ3v) is 4.80.